The summed E-state index contributed by atoms with van der Waals surface area (Å²) in [6.45, 7) is 0.119. The number of nitrogen functional groups attached to an aromatic ring is 1. The molecular formula is C10H11N5O. The van der Waals surface area contributed by atoms with Gasteiger partial charge in [0.1, 0.15) is 18.2 Å². The number of carbonyl (C=O) groups excluding carboxylic acids is 1. The van der Waals surface area contributed by atoms with Crippen LogP contribution in [0.4, 0.5) is 11.6 Å². The van der Waals surface area contributed by atoms with E-state index in [-0.39, 0.29) is 12.5 Å². The van der Waals surface area contributed by atoms with Gasteiger partial charge in [0.05, 0.1) is 0 Å². The minimum Gasteiger partial charge on any atom is -0.382 e. The van der Waals surface area contributed by atoms with Crippen molar-refractivity contribution in [3.63, 3.8) is 0 Å². The van der Waals surface area contributed by atoms with Gasteiger partial charge in [-0.2, -0.15) is 5.10 Å². The third kappa shape index (κ3) is 2.57. The number of amides is 1. The molecule has 0 aliphatic heterocycles. The van der Waals surface area contributed by atoms with Crippen LogP contribution < -0.4 is 11.1 Å². The second kappa shape index (κ2) is 4.43. The molecule has 3 N–H and O–H groups in total. The quantitative estimate of drug-likeness (QED) is 0.783. The standard InChI is InChI=1S/C10H11N5O/c11-8-4-6-15(14-8)7-10(16)13-9-3-1-2-5-12-9/h1-6H,7H2,(H2,11,14)(H,12,13,16). The monoisotopic (exact) mass is 217 g/mol. The van der Waals surface area contributed by atoms with E-state index >= 15 is 0 Å². The maximum Gasteiger partial charge on any atom is 0.247 e. The van der Waals surface area contributed by atoms with Crippen molar-refractivity contribution in [2.45, 2.75) is 6.54 Å². The lowest BCUT2D eigenvalue weighted by molar-refractivity contribution is -0.116. The lowest BCUT2D eigenvalue weighted by Gasteiger charge is -2.03. The van der Waals surface area contributed by atoms with Crippen molar-refractivity contribution in [1.29, 1.82) is 0 Å². The molecule has 0 atom stereocenters. The maximum atomic E-state index is 11.5. The van der Waals surface area contributed by atoms with E-state index in [1.54, 1.807) is 36.7 Å². The molecule has 0 aliphatic rings. The molecule has 16 heavy (non-hydrogen) atoms. The Morgan fingerprint density at radius 1 is 1.44 bits per heavy atom. The molecule has 0 saturated heterocycles. The molecule has 2 rings (SSSR count). The van der Waals surface area contributed by atoms with Gasteiger partial charge in [0.2, 0.25) is 5.91 Å². The molecule has 0 aromatic carbocycles. The van der Waals surface area contributed by atoms with Gasteiger partial charge in [-0.05, 0) is 18.2 Å². The second-order valence-electron chi connectivity index (χ2n) is 3.20. The van der Waals surface area contributed by atoms with Crippen molar-refractivity contribution >= 4 is 17.5 Å². The number of rotatable bonds is 3. The summed E-state index contributed by atoms with van der Waals surface area (Å²) in [7, 11) is 0. The van der Waals surface area contributed by atoms with Crippen LogP contribution in [-0.4, -0.2) is 20.7 Å². The molecule has 6 heteroatoms. The van der Waals surface area contributed by atoms with Crippen molar-refractivity contribution in [2.24, 2.45) is 0 Å². The highest BCUT2D eigenvalue weighted by molar-refractivity contribution is 5.89. The van der Waals surface area contributed by atoms with Crippen LogP contribution >= 0.6 is 0 Å². The second-order valence-corrected chi connectivity index (χ2v) is 3.20. The van der Waals surface area contributed by atoms with Gasteiger partial charge in [-0.3, -0.25) is 9.48 Å². The third-order valence-electron chi connectivity index (χ3n) is 1.90. The van der Waals surface area contributed by atoms with E-state index in [2.05, 4.69) is 15.4 Å². The van der Waals surface area contributed by atoms with E-state index in [0.717, 1.165) is 0 Å². The number of anilines is 2. The smallest absolute Gasteiger partial charge is 0.247 e. The summed E-state index contributed by atoms with van der Waals surface area (Å²) >= 11 is 0. The molecule has 2 aromatic heterocycles. The Kier molecular flexibility index (Phi) is 2.81. The zero-order valence-corrected chi connectivity index (χ0v) is 8.50. The zero-order valence-electron chi connectivity index (χ0n) is 8.50. The highest BCUT2D eigenvalue weighted by atomic mass is 16.2. The fraction of sp³-hybridized carbons (Fsp3) is 0.100. The van der Waals surface area contributed by atoms with E-state index in [9.17, 15) is 4.79 Å². The topological polar surface area (TPSA) is 85.8 Å². The number of hydrogen-bond donors (Lipinski definition) is 2. The lowest BCUT2D eigenvalue weighted by Crippen LogP contribution is -2.19. The van der Waals surface area contributed by atoms with Crippen molar-refractivity contribution in [3.05, 3.63) is 36.7 Å². The summed E-state index contributed by atoms with van der Waals surface area (Å²) < 4.78 is 1.47. The molecule has 0 bridgehead atoms. The van der Waals surface area contributed by atoms with Crippen LogP contribution in [0.25, 0.3) is 0 Å². The molecule has 0 radical (unpaired) electrons. The molecule has 6 nitrogen and oxygen atoms in total. The minimum absolute atomic E-state index is 0.119. The first kappa shape index (κ1) is 10.2. The van der Waals surface area contributed by atoms with Gasteiger partial charge in [-0.1, -0.05) is 6.07 Å². The number of pyridine rings is 1. The molecule has 0 fully saturated rings. The highest BCUT2D eigenvalue weighted by Crippen LogP contribution is 2.01. The van der Waals surface area contributed by atoms with Crippen molar-refractivity contribution in [1.82, 2.24) is 14.8 Å². The first-order valence-corrected chi connectivity index (χ1v) is 4.74. The van der Waals surface area contributed by atoms with E-state index in [4.69, 9.17) is 5.73 Å². The SMILES string of the molecule is Nc1ccn(CC(=O)Nc2ccccn2)n1. The van der Waals surface area contributed by atoms with E-state index in [0.29, 0.717) is 11.6 Å². The summed E-state index contributed by atoms with van der Waals surface area (Å²) in [6, 6.07) is 6.93. The lowest BCUT2D eigenvalue weighted by atomic mass is 10.4. The number of nitrogens with one attached hydrogen (secondary N) is 1. The average molecular weight is 217 g/mol. The van der Waals surface area contributed by atoms with E-state index < -0.39 is 0 Å². The largest absolute Gasteiger partial charge is 0.382 e. The van der Waals surface area contributed by atoms with Gasteiger partial charge in [0.25, 0.3) is 0 Å². The normalized spacial score (nSPS) is 10.0. The molecule has 0 aliphatic carbocycles. The fourth-order valence-electron chi connectivity index (χ4n) is 1.23. The molecule has 2 aromatic rings. The minimum atomic E-state index is -0.193. The molecule has 2 heterocycles. The Bertz CT molecular complexity index is 479. The van der Waals surface area contributed by atoms with Crippen LogP contribution in [0.1, 0.15) is 0 Å². The van der Waals surface area contributed by atoms with Crippen LogP contribution in [0.5, 0.6) is 0 Å². The summed E-state index contributed by atoms with van der Waals surface area (Å²) in [5, 5.41) is 6.55. The molecule has 0 unspecified atom stereocenters. The van der Waals surface area contributed by atoms with Gasteiger partial charge in [-0.15, -0.1) is 0 Å². The Morgan fingerprint density at radius 2 is 2.31 bits per heavy atom. The summed E-state index contributed by atoms with van der Waals surface area (Å²) in [5.74, 6) is 0.722. The fourth-order valence-corrected chi connectivity index (χ4v) is 1.23. The van der Waals surface area contributed by atoms with Crippen molar-refractivity contribution < 1.29 is 4.79 Å². The number of nitrogens with two attached hydrogens (primary N) is 1. The Labute approximate surface area is 92.1 Å². The van der Waals surface area contributed by atoms with Gasteiger partial charge in [-0.25, -0.2) is 4.98 Å². The predicted octanol–water partition coefficient (Wildman–Crippen LogP) is 0.499. The van der Waals surface area contributed by atoms with Crippen LogP contribution in [0.2, 0.25) is 0 Å². The van der Waals surface area contributed by atoms with Crippen LogP contribution in [-0.2, 0) is 11.3 Å². The Hall–Kier alpha value is -2.37. The summed E-state index contributed by atoms with van der Waals surface area (Å²) in [5.41, 5.74) is 5.43. The molecule has 0 spiro atoms. The van der Waals surface area contributed by atoms with Gasteiger partial charge in [0.15, 0.2) is 0 Å². The summed E-state index contributed by atoms with van der Waals surface area (Å²) in [6.07, 6.45) is 3.26. The third-order valence-corrected chi connectivity index (χ3v) is 1.90. The molecular weight excluding hydrogens is 206 g/mol. The molecule has 82 valence electrons. The average Bonchev–Trinajstić information content (AvgIpc) is 2.65. The van der Waals surface area contributed by atoms with Crippen molar-refractivity contribution in [2.75, 3.05) is 11.1 Å². The molecule has 1 amide bonds. The van der Waals surface area contributed by atoms with Crippen LogP contribution in [0.15, 0.2) is 36.7 Å². The first-order chi connectivity index (χ1) is 7.74. The van der Waals surface area contributed by atoms with Crippen molar-refractivity contribution in [3.8, 4) is 0 Å². The van der Waals surface area contributed by atoms with Crippen LogP contribution in [0.3, 0.4) is 0 Å². The first-order valence-electron chi connectivity index (χ1n) is 4.74. The molecule has 0 saturated carbocycles. The predicted molar refractivity (Wildman–Crippen MR) is 59.5 cm³/mol. The maximum absolute atomic E-state index is 11.5. The van der Waals surface area contributed by atoms with Gasteiger partial charge >= 0.3 is 0 Å². The Balaban J connectivity index is 1.95. The Morgan fingerprint density at radius 3 is 2.94 bits per heavy atom. The van der Waals surface area contributed by atoms with E-state index in [1.165, 1.54) is 4.68 Å². The summed E-state index contributed by atoms with van der Waals surface area (Å²) in [4.78, 5) is 15.5. The zero-order chi connectivity index (χ0) is 11.4. The number of aromatic nitrogens is 3. The van der Waals surface area contributed by atoms with Gasteiger partial charge < -0.3 is 11.1 Å². The number of nitrogens with zero attached hydrogens (tertiary/aromatic N) is 3. The van der Waals surface area contributed by atoms with Gasteiger partial charge in [0, 0.05) is 12.4 Å². The van der Waals surface area contributed by atoms with E-state index in [1.807, 2.05) is 0 Å². The number of carbonyl (C=O) groups is 1. The number of hydrogen-bond acceptors (Lipinski definition) is 4. The highest BCUT2D eigenvalue weighted by Gasteiger charge is 2.04. The van der Waals surface area contributed by atoms with Crippen LogP contribution in [0, 0.1) is 0 Å².